The molecule has 0 bridgehead atoms. The lowest BCUT2D eigenvalue weighted by molar-refractivity contribution is 0.0695. The van der Waals surface area contributed by atoms with E-state index >= 15 is 0 Å². The maximum absolute atomic E-state index is 10.6. The number of carboxylic acids is 1. The Morgan fingerprint density at radius 1 is 1.75 bits per heavy atom. The Morgan fingerprint density at radius 3 is 2.83 bits per heavy atom. The molecule has 1 rings (SSSR count). The molecule has 0 saturated heterocycles. The van der Waals surface area contributed by atoms with E-state index in [1.54, 1.807) is 6.92 Å². The minimum Gasteiger partial charge on any atom is -0.478 e. The minimum absolute atomic E-state index is 0.132. The number of carboxylic acid groups (broad SMARTS) is 1. The molecule has 0 spiro atoms. The summed E-state index contributed by atoms with van der Waals surface area (Å²) >= 11 is 8.68. The van der Waals surface area contributed by atoms with Crippen LogP contribution < -0.4 is 0 Å². The van der Waals surface area contributed by atoms with E-state index in [0.29, 0.717) is 10.2 Å². The highest BCUT2D eigenvalue weighted by Crippen LogP contribution is 2.25. The number of aryl methyl sites for hydroxylation is 1. The van der Waals surface area contributed by atoms with Crippen LogP contribution >= 0.6 is 27.5 Å². The Kier molecular flexibility index (Phi) is 2.69. The van der Waals surface area contributed by atoms with E-state index in [4.69, 9.17) is 16.7 Å². The highest BCUT2D eigenvalue weighted by molar-refractivity contribution is 9.10. The van der Waals surface area contributed by atoms with Gasteiger partial charge in [0.05, 0.1) is 10.0 Å². The van der Waals surface area contributed by atoms with Gasteiger partial charge in [-0.05, 0) is 28.9 Å². The monoisotopic (exact) mass is 249 g/mol. The highest BCUT2D eigenvalue weighted by Gasteiger charge is 2.12. The minimum atomic E-state index is -1.02. The number of aromatic carboxylic acids is 1. The number of hydrogen-bond donors (Lipinski definition) is 1. The predicted molar refractivity (Wildman–Crippen MR) is 48.6 cm³/mol. The molecule has 0 saturated carbocycles. The van der Waals surface area contributed by atoms with E-state index in [0.717, 1.165) is 0 Å². The van der Waals surface area contributed by atoms with Crippen molar-refractivity contribution in [1.29, 1.82) is 0 Å². The zero-order valence-electron chi connectivity index (χ0n) is 6.14. The molecule has 1 aromatic rings. The number of pyridine rings is 1. The Hall–Kier alpha value is -0.610. The first-order valence-electron chi connectivity index (χ1n) is 3.08. The van der Waals surface area contributed by atoms with Crippen LogP contribution in [0.4, 0.5) is 0 Å². The molecule has 64 valence electrons. The van der Waals surface area contributed by atoms with E-state index in [-0.39, 0.29) is 10.7 Å². The molecule has 0 radical (unpaired) electrons. The molecular weight excluding hydrogens is 245 g/mol. The number of rotatable bonds is 1. The van der Waals surface area contributed by atoms with E-state index in [1.165, 1.54) is 6.07 Å². The molecule has 3 nitrogen and oxygen atoms in total. The lowest BCUT2D eigenvalue weighted by Gasteiger charge is -2.01. The first-order chi connectivity index (χ1) is 5.52. The molecule has 0 aliphatic carbocycles. The van der Waals surface area contributed by atoms with Gasteiger partial charge in [-0.1, -0.05) is 11.6 Å². The Bertz CT molecular complexity index is 340. The van der Waals surface area contributed by atoms with Crippen LogP contribution in [-0.2, 0) is 0 Å². The van der Waals surface area contributed by atoms with E-state index in [2.05, 4.69) is 20.9 Å². The van der Waals surface area contributed by atoms with E-state index in [9.17, 15) is 4.79 Å². The van der Waals surface area contributed by atoms with Gasteiger partial charge in [-0.2, -0.15) is 0 Å². The van der Waals surface area contributed by atoms with Crippen LogP contribution in [0, 0.1) is 6.92 Å². The molecule has 1 aromatic heterocycles. The quantitative estimate of drug-likeness (QED) is 0.779. The second kappa shape index (κ2) is 3.41. The van der Waals surface area contributed by atoms with Crippen molar-refractivity contribution >= 4 is 33.5 Å². The molecular formula is C7H5BrClNO2. The maximum Gasteiger partial charge on any atom is 0.337 e. The summed E-state index contributed by atoms with van der Waals surface area (Å²) in [4.78, 5) is 14.5. The van der Waals surface area contributed by atoms with E-state index < -0.39 is 5.97 Å². The van der Waals surface area contributed by atoms with Gasteiger partial charge in [0.1, 0.15) is 5.15 Å². The second-order valence-electron chi connectivity index (χ2n) is 2.22. The third-order valence-corrected chi connectivity index (χ3v) is 2.58. The molecule has 0 unspecified atom stereocenters. The van der Waals surface area contributed by atoms with Crippen LogP contribution in [0.25, 0.3) is 0 Å². The largest absolute Gasteiger partial charge is 0.478 e. The lowest BCUT2D eigenvalue weighted by atomic mass is 10.2. The van der Waals surface area contributed by atoms with Gasteiger partial charge in [0.15, 0.2) is 0 Å². The van der Waals surface area contributed by atoms with Crippen LogP contribution in [0.5, 0.6) is 0 Å². The smallest absolute Gasteiger partial charge is 0.337 e. The van der Waals surface area contributed by atoms with Crippen molar-refractivity contribution in [2.45, 2.75) is 6.92 Å². The summed E-state index contributed by atoms with van der Waals surface area (Å²) in [5.74, 6) is -1.02. The van der Waals surface area contributed by atoms with E-state index in [1.807, 2.05) is 0 Å². The Labute approximate surface area is 82.5 Å². The van der Waals surface area contributed by atoms with Crippen LogP contribution in [0.3, 0.4) is 0 Å². The average molecular weight is 250 g/mol. The van der Waals surface area contributed by atoms with Crippen LogP contribution in [0.1, 0.15) is 16.1 Å². The highest BCUT2D eigenvalue weighted by atomic mass is 79.9. The van der Waals surface area contributed by atoms with Crippen molar-refractivity contribution in [1.82, 2.24) is 4.98 Å². The zero-order valence-corrected chi connectivity index (χ0v) is 8.48. The molecule has 5 heteroatoms. The zero-order chi connectivity index (χ0) is 9.30. The van der Waals surface area contributed by atoms with Crippen molar-refractivity contribution in [2.24, 2.45) is 0 Å². The van der Waals surface area contributed by atoms with Gasteiger partial charge < -0.3 is 5.11 Å². The van der Waals surface area contributed by atoms with Crippen LogP contribution in [0.2, 0.25) is 5.15 Å². The van der Waals surface area contributed by atoms with Gasteiger partial charge >= 0.3 is 5.97 Å². The summed E-state index contributed by atoms with van der Waals surface area (Å²) in [5.41, 5.74) is 0.716. The maximum atomic E-state index is 10.6. The Morgan fingerprint density at radius 2 is 2.33 bits per heavy atom. The van der Waals surface area contributed by atoms with Gasteiger partial charge in [-0.3, -0.25) is 0 Å². The molecule has 0 amide bonds. The lowest BCUT2D eigenvalue weighted by Crippen LogP contribution is -2.00. The molecule has 12 heavy (non-hydrogen) atoms. The number of halogens is 2. The average Bonchev–Trinajstić information content (AvgIpc) is 1.96. The third kappa shape index (κ3) is 1.76. The molecule has 1 heterocycles. The van der Waals surface area contributed by atoms with Gasteiger partial charge in [-0.25, -0.2) is 9.78 Å². The first-order valence-corrected chi connectivity index (χ1v) is 4.25. The molecule has 0 aliphatic rings. The molecule has 1 N–H and O–H groups in total. The number of carbonyl (C=O) groups is 1. The van der Waals surface area contributed by atoms with Crippen LogP contribution in [-0.4, -0.2) is 16.1 Å². The summed E-state index contributed by atoms with van der Waals surface area (Å²) in [5, 5.41) is 8.87. The van der Waals surface area contributed by atoms with Gasteiger partial charge in [0, 0.05) is 5.69 Å². The van der Waals surface area contributed by atoms with Crippen molar-refractivity contribution in [3.05, 3.63) is 26.9 Å². The van der Waals surface area contributed by atoms with Crippen molar-refractivity contribution in [2.75, 3.05) is 0 Å². The van der Waals surface area contributed by atoms with Gasteiger partial charge in [0.2, 0.25) is 0 Å². The molecule has 0 atom stereocenters. The van der Waals surface area contributed by atoms with Gasteiger partial charge in [-0.15, -0.1) is 0 Å². The summed E-state index contributed by atoms with van der Waals surface area (Å²) in [6.45, 7) is 1.69. The van der Waals surface area contributed by atoms with Crippen molar-refractivity contribution in [3.63, 3.8) is 0 Å². The molecule has 0 aliphatic heterocycles. The van der Waals surface area contributed by atoms with Crippen LogP contribution in [0.15, 0.2) is 10.5 Å². The third-order valence-electron chi connectivity index (χ3n) is 1.28. The standard InChI is InChI=1S/C7H5BrClNO2/c1-3-2-4(7(11)12)5(8)6(9)10-3/h2H,1H3,(H,11,12). The molecule has 0 aromatic carbocycles. The van der Waals surface area contributed by atoms with Gasteiger partial charge in [0.25, 0.3) is 0 Å². The first kappa shape index (κ1) is 9.48. The summed E-state index contributed by atoms with van der Waals surface area (Å²) < 4.78 is 0.322. The summed E-state index contributed by atoms with van der Waals surface area (Å²) in [7, 11) is 0. The SMILES string of the molecule is Cc1cc(C(=O)O)c(Br)c(Cl)n1. The number of nitrogens with zero attached hydrogens (tertiary/aromatic N) is 1. The fourth-order valence-electron chi connectivity index (χ4n) is 0.775. The van der Waals surface area contributed by atoms with Crippen molar-refractivity contribution < 1.29 is 9.90 Å². The predicted octanol–water partition coefficient (Wildman–Crippen LogP) is 2.50. The number of aromatic nitrogens is 1. The topological polar surface area (TPSA) is 50.2 Å². The normalized spacial score (nSPS) is 9.92. The molecule has 0 fully saturated rings. The Balaban J connectivity index is 3.37. The fraction of sp³-hybridized carbons (Fsp3) is 0.143. The number of hydrogen-bond acceptors (Lipinski definition) is 2. The van der Waals surface area contributed by atoms with Crippen molar-refractivity contribution in [3.8, 4) is 0 Å². The second-order valence-corrected chi connectivity index (χ2v) is 3.37. The summed E-state index contributed by atoms with van der Waals surface area (Å²) in [6.07, 6.45) is 0. The summed E-state index contributed by atoms with van der Waals surface area (Å²) in [6, 6.07) is 1.46. The fourth-order valence-corrected chi connectivity index (χ4v) is 1.38.